The van der Waals surface area contributed by atoms with Gasteiger partial charge in [0.1, 0.15) is 17.1 Å². The van der Waals surface area contributed by atoms with E-state index in [4.69, 9.17) is 8.85 Å². The molecule has 0 spiro atoms. The van der Waals surface area contributed by atoms with Crippen LogP contribution in [0.25, 0.3) is 10.8 Å². The minimum atomic E-state index is -2.22. The summed E-state index contributed by atoms with van der Waals surface area (Å²) in [4.78, 5) is 13.0. The Hall–Kier alpha value is -1.80. The SMILES string of the molecule is CCCC[Si](CCCC)(CCCC)Oc1c(C(=O)O)cc(O[Si](CCCC)(CCCC)CCCC)c2c(C)cccc12. The van der Waals surface area contributed by atoms with Gasteiger partial charge in [-0.15, -0.1) is 0 Å². The molecule has 0 aliphatic carbocycles. The molecule has 238 valence electrons. The van der Waals surface area contributed by atoms with Gasteiger partial charge in [-0.05, 0) is 54.8 Å². The van der Waals surface area contributed by atoms with Crippen molar-refractivity contribution < 1.29 is 18.8 Å². The fourth-order valence-electron chi connectivity index (χ4n) is 6.45. The maximum Gasteiger partial charge on any atom is 0.339 e. The van der Waals surface area contributed by atoms with E-state index in [1.54, 1.807) is 0 Å². The molecule has 0 bridgehead atoms. The molecule has 0 aromatic heterocycles. The first kappa shape index (κ1) is 36.4. The number of hydrogen-bond acceptors (Lipinski definition) is 3. The van der Waals surface area contributed by atoms with Gasteiger partial charge in [0.15, 0.2) is 0 Å². The van der Waals surface area contributed by atoms with E-state index in [1.165, 1.54) is 19.3 Å². The van der Waals surface area contributed by atoms with Crippen LogP contribution >= 0.6 is 0 Å². The molecule has 4 nitrogen and oxygen atoms in total. The maximum absolute atomic E-state index is 13.0. The van der Waals surface area contributed by atoms with E-state index in [0.29, 0.717) is 5.75 Å². The number of unbranched alkanes of at least 4 members (excludes halogenated alkanes) is 6. The van der Waals surface area contributed by atoms with Crippen molar-refractivity contribution in [1.82, 2.24) is 0 Å². The van der Waals surface area contributed by atoms with Gasteiger partial charge < -0.3 is 14.0 Å². The van der Waals surface area contributed by atoms with Gasteiger partial charge in [0, 0.05) is 10.8 Å². The lowest BCUT2D eigenvalue weighted by Gasteiger charge is -2.36. The summed E-state index contributed by atoms with van der Waals surface area (Å²) in [5.41, 5.74) is 1.42. The Bertz CT molecular complexity index is 1040. The number of carboxylic acid groups (broad SMARTS) is 1. The smallest absolute Gasteiger partial charge is 0.339 e. The summed E-state index contributed by atoms with van der Waals surface area (Å²) in [6.07, 6.45) is 13.8. The van der Waals surface area contributed by atoms with E-state index < -0.39 is 22.6 Å². The number of hydrogen-bond donors (Lipinski definition) is 1. The zero-order valence-corrected chi connectivity index (χ0v) is 30.2. The van der Waals surface area contributed by atoms with Crippen LogP contribution in [0.1, 0.15) is 135 Å². The Kier molecular flexibility index (Phi) is 16.3. The number of carbonyl (C=O) groups is 1. The van der Waals surface area contributed by atoms with E-state index in [-0.39, 0.29) is 5.56 Å². The first-order chi connectivity index (χ1) is 20.3. The fourth-order valence-corrected chi connectivity index (χ4v) is 15.8. The molecule has 42 heavy (non-hydrogen) atoms. The number of carboxylic acids is 1. The summed E-state index contributed by atoms with van der Waals surface area (Å²) < 4.78 is 14.6. The molecule has 0 saturated heterocycles. The van der Waals surface area contributed by atoms with Crippen LogP contribution in [0, 0.1) is 6.92 Å². The third-order valence-electron chi connectivity index (χ3n) is 9.07. The lowest BCUT2D eigenvalue weighted by Crippen LogP contribution is -2.42. The molecule has 0 heterocycles. The van der Waals surface area contributed by atoms with Crippen molar-refractivity contribution in [2.24, 2.45) is 0 Å². The molecule has 1 N–H and O–H groups in total. The van der Waals surface area contributed by atoms with Crippen LogP contribution in [-0.2, 0) is 0 Å². The number of rotatable bonds is 23. The maximum atomic E-state index is 13.0. The summed E-state index contributed by atoms with van der Waals surface area (Å²) in [5.74, 6) is 0.475. The summed E-state index contributed by atoms with van der Waals surface area (Å²) in [6, 6.07) is 14.8. The van der Waals surface area contributed by atoms with Crippen LogP contribution in [0.3, 0.4) is 0 Å². The molecular formula is C36H62O4Si2. The molecule has 2 rings (SSSR count). The zero-order chi connectivity index (χ0) is 31.0. The van der Waals surface area contributed by atoms with Crippen LogP contribution in [0.4, 0.5) is 0 Å². The van der Waals surface area contributed by atoms with Gasteiger partial charge in [-0.3, -0.25) is 0 Å². The van der Waals surface area contributed by atoms with Gasteiger partial charge >= 0.3 is 5.97 Å². The Balaban J connectivity index is 2.81. The summed E-state index contributed by atoms with van der Waals surface area (Å²) in [7, 11) is -4.36. The highest BCUT2D eigenvalue weighted by molar-refractivity contribution is 6.75. The first-order valence-corrected chi connectivity index (χ1v) is 22.5. The van der Waals surface area contributed by atoms with Crippen molar-refractivity contribution in [3.63, 3.8) is 0 Å². The average Bonchev–Trinajstić information content (AvgIpc) is 2.99. The molecule has 0 fully saturated rings. The molecule has 0 aliphatic heterocycles. The predicted octanol–water partition coefficient (Wildman–Crippen LogP) is 12.3. The predicted molar refractivity (Wildman–Crippen MR) is 187 cm³/mol. The van der Waals surface area contributed by atoms with Crippen LogP contribution in [0.15, 0.2) is 24.3 Å². The highest BCUT2D eigenvalue weighted by Crippen LogP contribution is 2.44. The topological polar surface area (TPSA) is 55.8 Å². The molecule has 0 amide bonds. The first-order valence-electron chi connectivity index (χ1n) is 17.4. The van der Waals surface area contributed by atoms with Gasteiger partial charge in [-0.2, -0.15) is 0 Å². The number of aromatic carboxylic acids is 1. The number of benzene rings is 2. The molecule has 0 aliphatic rings. The van der Waals surface area contributed by atoms with E-state index in [2.05, 4.69) is 66.7 Å². The van der Waals surface area contributed by atoms with Crippen molar-refractivity contribution in [2.45, 2.75) is 162 Å². The standard InChI is InChI=1S/C36H62O4Si2/c1-8-14-23-41(24-15-9-2,25-16-10-3)39-33-29-32(36(37)38)35(31-22-20-21-30(7)34(31)33)40-42(26-17-11-4,27-18-12-5)28-19-13-6/h20-22,29H,8-19,23-28H2,1-7H3,(H,37,38). The average molecular weight is 615 g/mol. The largest absolute Gasteiger partial charge is 0.543 e. The Morgan fingerprint density at radius 2 is 1.07 bits per heavy atom. The van der Waals surface area contributed by atoms with Crippen LogP contribution in [-0.4, -0.2) is 27.7 Å². The van der Waals surface area contributed by atoms with Crippen molar-refractivity contribution in [3.05, 3.63) is 35.4 Å². The van der Waals surface area contributed by atoms with Crippen molar-refractivity contribution >= 4 is 33.4 Å². The summed E-state index contributed by atoms with van der Waals surface area (Å²) in [6.45, 7) is 15.7. The fraction of sp³-hybridized carbons (Fsp3) is 0.694. The Labute approximate surface area is 260 Å². The van der Waals surface area contributed by atoms with Crippen LogP contribution < -0.4 is 8.85 Å². The minimum absolute atomic E-state index is 0.286. The van der Waals surface area contributed by atoms with E-state index in [9.17, 15) is 9.90 Å². The second kappa shape index (κ2) is 18.8. The van der Waals surface area contributed by atoms with E-state index in [1.807, 2.05) is 6.07 Å². The normalized spacial score (nSPS) is 12.2. The molecule has 2 aromatic rings. The Morgan fingerprint density at radius 1 is 0.667 bits per heavy atom. The molecular weight excluding hydrogens is 553 g/mol. The summed E-state index contributed by atoms with van der Waals surface area (Å²) >= 11 is 0. The molecule has 0 unspecified atom stereocenters. The molecule has 6 heteroatoms. The van der Waals surface area contributed by atoms with Gasteiger partial charge in [-0.25, -0.2) is 4.79 Å². The van der Waals surface area contributed by atoms with Crippen LogP contribution in [0.5, 0.6) is 11.5 Å². The highest BCUT2D eigenvalue weighted by Gasteiger charge is 2.39. The summed E-state index contributed by atoms with van der Waals surface area (Å²) in [5, 5.41) is 12.6. The van der Waals surface area contributed by atoms with Crippen LogP contribution in [0.2, 0.25) is 36.3 Å². The third kappa shape index (κ3) is 10.1. The number of aryl methyl sites for hydroxylation is 1. The molecule has 0 radical (unpaired) electrons. The second-order valence-electron chi connectivity index (χ2n) is 12.7. The van der Waals surface area contributed by atoms with E-state index >= 15 is 0 Å². The van der Waals surface area contributed by atoms with Crippen molar-refractivity contribution in [1.29, 1.82) is 0 Å². The lowest BCUT2D eigenvalue weighted by atomic mass is 10.0. The second-order valence-corrected chi connectivity index (χ2v) is 20.9. The zero-order valence-electron chi connectivity index (χ0n) is 28.2. The lowest BCUT2D eigenvalue weighted by molar-refractivity contribution is 0.0694. The Morgan fingerprint density at radius 3 is 1.45 bits per heavy atom. The van der Waals surface area contributed by atoms with Gasteiger partial charge in [0.25, 0.3) is 16.6 Å². The minimum Gasteiger partial charge on any atom is -0.543 e. The monoisotopic (exact) mass is 614 g/mol. The van der Waals surface area contributed by atoms with Gasteiger partial charge in [0.2, 0.25) is 0 Å². The third-order valence-corrected chi connectivity index (χ3v) is 18.0. The molecule has 0 atom stereocenters. The molecule has 0 saturated carbocycles. The van der Waals surface area contributed by atoms with Gasteiger partial charge in [-0.1, -0.05) is 137 Å². The van der Waals surface area contributed by atoms with Gasteiger partial charge in [0.05, 0.1) is 0 Å². The quantitative estimate of drug-likeness (QED) is 0.126. The van der Waals surface area contributed by atoms with Crippen molar-refractivity contribution in [2.75, 3.05) is 0 Å². The number of fused-ring (bicyclic) bond motifs is 1. The highest BCUT2D eigenvalue weighted by atomic mass is 28.4. The van der Waals surface area contributed by atoms with E-state index in [0.717, 1.165) is 116 Å². The molecule has 2 aromatic carbocycles. The van der Waals surface area contributed by atoms with Crippen molar-refractivity contribution in [3.8, 4) is 11.5 Å².